The summed E-state index contributed by atoms with van der Waals surface area (Å²) in [5, 5.41) is 0. The molecule has 0 aliphatic carbocycles. The van der Waals surface area contributed by atoms with Crippen molar-refractivity contribution in [3.63, 3.8) is 0 Å². The van der Waals surface area contributed by atoms with Crippen LogP contribution >= 0.6 is 12.2 Å². The second kappa shape index (κ2) is 5.64. The molecule has 1 fully saturated rings. The van der Waals surface area contributed by atoms with E-state index >= 15 is 0 Å². The molecular weight excluding hydrogens is 308 g/mol. The summed E-state index contributed by atoms with van der Waals surface area (Å²) in [5.74, 6) is 0. The summed E-state index contributed by atoms with van der Waals surface area (Å²) in [6, 6.07) is 4.93. The molecule has 7 heteroatoms. The van der Waals surface area contributed by atoms with Crippen molar-refractivity contribution in [3.05, 3.63) is 29.3 Å². The maximum absolute atomic E-state index is 12.8. The van der Waals surface area contributed by atoms with Gasteiger partial charge in [0, 0.05) is 18.7 Å². The molecule has 21 heavy (non-hydrogen) atoms. The Bertz CT molecular complexity index is 669. The van der Waals surface area contributed by atoms with E-state index in [4.69, 9.17) is 22.7 Å². The van der Waals surface area contributed by atoms with Gasteiger partial charge in [-0.25, -0.2) is 8.42 Å². The lowest BCUT2D eigenvalue weighted by Crippen LogP contribution is -2.50. The number of hydrogen-bond donors (Lipinski definition) is 1. The maximum atomic E-state index is 12.8. The number of aryl methyl sites for hydroxylation is 1. The topological polar surface area (TPSA) is 72.6 Å². The molecule has 1 aromatic rings. The van der Waals surface area contributed by atoms with Crippen molar-refractivity contribution >= 4 is 27.2 Å². The molecule has 0 amide bonds. The molecule has 0 aromatic heterocycles. The van der Waals surface area contributed by atoms with Gasteiger partial charge in [0.1, 0.15) is 4.99 Å². The molecule has 1 saturated heterocycles. The largest absolute Gasteiger partial charge is 0.389 e. The van der Waals surface area contributed by atoms with Crippen molar-refractivity contribution in [1.29, 1.82) is 0 Å². The van der Waals surface area contributed by atoms with Gasteiger partial charge in [-0.05, 0) is 38.5 Å². The van der Waals surface area contributed by atoms with Crippen LogP contribution in [0.25, 0.3) is 0 Å². The zero-order chi connectivity index (χ0) is 15.8. The third kappa shape index (κ3) is 3.42. The number of nitrogens with two attached hydrogens (primary N) is 1. The molecule has 0 spiro atoms. The van der Waals surface area contributed by atoms with Gasteiger partial charge >= 0.3 is 0 Å². The second-order valence-electron chi connectivity index (χ2n) is 5.79. The van der Waals surface area contributed by atoms with E-state index < -0.39 is 15.6 Å². The van der Waals surface area contributed by atoms with Crippen molar-refractivity contribution in [2.24, 2.45) is 5.73 Å². The number of thiocarbonyl (C=S) groups is 1. The van der Waals surface area contributed by atoms with Crippen LogP contribution in [-0.4, -0.2) is 43.0 Å². The van der Waals surface area contributed by atoms with Crippen LogP contribution in [0.3, 0.4) is 0 Å². The summed E-state index contributed by atoms with van der Waals surface area (Å²) in [7, 11) is -3.54. The SMILES string of the molecule is Cc1cc(C(N)=S)ccc1S(=O)(=O)N1CCOC(C)(C)C1. The molecule has 1 aliphatic heterocycles. The summed E-state index contributed by atoms with van der Waals surface area (Å²) in [4.78, 5) is 0.551. The van der Waals surface area contributed by atoms with Crippen LogP contribution in [0.5, 0.6) is 0 Å². The molecule has 1 aliphatic rings. The number of rotatable bonds is 3. The van der Waals surface area contributed by atoms with Crippen molar-refractivity contribution in [2.45, 2.75) is 31.3 Å². The number of sulfonamides is 1. The number of morpholine rings is 1. The number of nitrogens with zero attached hydrogens (tertiary/aromatic N) is 1. The van der Waals surface area contributed by atoms with Crippen molar-refractivity contribution in [3.8, 4) is 0 Å². The van der Waals surface area contributed by atoms with Gasteiger partial charge < -0.3 is 10.5 Å². The fourth-order valence-corrected chi connectivity index (χ4v) is 4.32. The Hall–Kier alpha value is -1.02. The summed E-state index contributed by atoms with van der Waals surface area (Å²) in [6.45, 7) is 6.62. The van der Waals surface area contributed by atoms with Crippen LogP contribution < -0.4 is 5.73 Å². The first-order valence-electron chi connectivity index (χ1n) is 6.68. The first-order chi connectivity index (χ1) is 9.63. The first-order valence-corrected chi connectivity index (χ1v) is 8.53. The Balaban J connectivity index is 2.38. The third-order valence-corrected chi connectivity index (χ3v) is 5.71. The molecule has 116 valence electrons. The predicted molar refractivity (Wildman–Crippen MR) is 85.9 cm³/mol. The average molecular weight is 328 g/mol. The smallest absolute Gasteiger partial charge is 0.243 e. The zero-order valence-corrected chi connectivity index (χ0v) is 14.1. The summed E-state index contributed by atoms with van der Waals surface area (Å²) in [5.41, 5.74) is 6.41. The van der Waals surface area contributed by atoms with Crippen LogP contribution in [0.4, 0.5) is 0 Å². The van der Waals surface area contributed by atoms with Crippen LogP contribution in [0.1, 0.15) is 25.0 Å². The van der Waals surface area contributed by atoms with Gasteiger partial charge in [0.2, 0.25) is 10.0 Å². The van der Waals surface area contributed by atoms with E-state index in [1.165, 1.54) is 4.31 Å². The predicted octanol–water partition coefficient (Wildman–Crippen LogP) is 1.43. The minimum Gasteiger partial charge on any atom is -0.389 e. The van der Waals surface area contributed by atoms with Crippen molar-refractivity contribution in [2.75, 3.05) is 19.7 Å². The Morgan fingerprint density at radius 2 is 2.10 bits per heavy atom. The molecule has 0 radical (unpaired) electrons. The lowest BCUT2D eigenvalue weighted by atomic mass is 10.1. The van der Waals surface area contributed by atoms with Crippen LogP contribution in [0.2, 0.25) is 0 Å². The van der Waals surface area contributed by atoms with Gasteiger partial charge in [-0.2, -0.15) is 4.31 Å². The van der Waals surface area contributed by atoms with E-state index in [-0.39, 0.29) is 4.99 Å². The van der Waals surface area contributed by atoms with Gasteiger partial charge in [-0.3, -0.25) is 0 Å². The quantitative estimate of drug-likeness (QED) is 0.850. The first kappa shape index (κ1) is 16.4. The Labute approximate surface area is 131 Å². The fraction of sp³-hybridized carbons (Fsp3) is 0.500. The highest BCUT2D eigenvalue weighted by Crippen LogP contribution is 2.26. The fourth-order valence-electron chi connectivity index (χ4n) is 2.41. The standard InChI is InChI=1S/C14H20N2O3S2/c1-10-8-11(13(15)20)4-5-12(10)21(17,18)16-6-7-19-14(2,3)9-16/h4-5,8H,6-7,9H2,1-3H3,(H2,15,20). The Morgan fingerprint density at radius 3 is 2.62 bits per heavy atom. The number of benzene rings is 1. The van der Waals surface area contributed by atoms with E-state index in [2.05, 4.69) is 0 Å². The molecule has 2 N–H and O–H groups in total. The number of ether oxygens (including phenoxy) is 1. The molecular formula is C14H20N2O3S2. The molecule has 2 rings (SSSR count). The minimum atomic E-state index is -3.54. The molecule has 5 nitrogen and oxygen atoms in total. The van der Waals surface area contributed by atoms with Crippen LogP contribution in [0, 0.1) is 6.92 Å². The van der Waals surface area contributed by atoms with Gasteiger partial charge in [0.05, 0.1) is 17.1 Å². The highest BCUT2D eigenvalue weighted by atomic mass is 32.2. The zero-order valence-electron chi connectivity index (χ0n) is 12.4. The van der Waals surface area contributed by atoms with Gasteiger partial charge in [-0.1, -0.05) is 18.3 Å². The van der Waals surface area contributed by atoms with Crippen molar-refractivity contribution < 1.29 is 13.2 Å². The molecule has 0 unspecified atom stereocenters. The highest BCUT2D eigenvalue weighted by Gasteiger charge is 2.35. The lowest BCUT2D eigenvalue weighted by molar-refractivity contribution is -0.0640. The van der Waals surface area contributed by atoms with Gasteiger partial charge in [0.25, 0.3) is 0 Å². The monoisotopic (exact) mass is 328 g/mol. The van der Waals surface area contributed by atoms with Gasteiger partial charge in [0.15, 0.2) is 0 Å². The van der Waals surface area contributed by atoms with E-state index in [9.17, 15) is 8.42 Å². The van der Waals surface area contributed by atoms with Crippen LogP contribution in [0.15, 0.2) is 23.1 Å². The van der Waals surface area contributed by atoms with E-state index in [0.29, 0.717) is 35.7 Å². The maximum Gasteiger partial charge on any atom is 0.243 e. The van der Waals surface area contributed by atoms with Crippen LogP contribution in [-0.2, 0) is 14.8 Å². The van der Waals surface area contributed by atoms with E-state index in [1.807, 2.05) is 13.8 Å². The summed E-state index contributed by atoms with van der Waals surface area (Å²) < 4.78 is 32.6. The summed E-state index contributed by atoms with van der Waals surface area (Å²) in [6.07, 6.45) is 0. The molecule has 1 aromatic carbocycles. The Morgan fingerprint density at radius 1 is 1.43 bits per heavy atom. The lowest BCUT2D eigenvalue weighted by Gasteiger charge is -2.37. The van der Waals surface area contributed by atoms with Gasteiger partial charge in [-0.15, -0.1) is 0 Å². The Kier molecular flexibility index (Phi) is 4.39. The molecule has 0 atom stereocenters. The minimum absolute atomic E-state index is 0.259. The highest BCUT2D eigenvalue weighted by molar-refractivity contribution is 7.89. The van der Waals surface area contributed by atoms with E-state index in [1.54, 1.807) is 25.1 Å². The molecule has 0 saturated carbocycles. The van der Waals surface area contributed by atoms with Crippen molar-refractivity contribution in [1.82, 2.24) is 4.31 Å². The van der Waals surface area contributed by atoms with E-state index in [0.717, 1.165) is 0 Å². The molecule has 0 bridgehead atoms. The normalized spacial score (nSPS) is 19.4. The third-order valence-electron chi connectivity index (χ3n) is 3.47. The second-order valence-corrected chi connectivity index (χ2v) is 8.14. The number of hydrogen-bond acceptors (Lipinski definition) is 4. The molecule has 1 heterocycles. The summed E-state index contributed by atoms with van der Waals surface area (Å²) >= 11 is 4.91. The average Bonchev–Trinajstić information content (AvgIpc) is 2.36.